The van der Waals surface area contributed by atoms with Crippen LogP contribution in [0.15, 0.2) is 67.1 Å². The summed E-state index contributed by atoms with van der Waals surface area (Å²) >= 11 is 0. The first kappa shape index (κ1) is 123. The van der Waals surface area contributed by atoms with E-state index in [0.717, 1.165) is 13.8 Å². The molecule has 0 spiro atoms. The Labute approximate surface area is 824 Å². The van der Waals surface area contributed by atoms with Crippen molar-refractivity contribution in [2.24, 2.45) is 29.0 Å². The number of aliphatic hydroxyl groups excluding tert-OH is 5. The number of unbranched alkanes of at least 4 members (excludes halogenated alkanes) is 1. The number of carboxylic acid groups (broad SMARTS) is 4. The third-order valence-electron chi connectivity index (χ3n) is 21.5. The van der Waals surface area contributed by atoms with Crippen molar-refractivity contribution in [1.29, 1.82) is 0 Å². The summed E-state index contributed by atoms with van der Waals surface area (Å²) in [6.07, 6.45) is -6.26. The number of primary amides is 1. The van der Waals surface area contributed by atoms with Gasteiger partial charge in [0.2, 0.25) is 112 Å². The number of H-pyrrole nitrogens is 1. The van der Waals surface area contributed by atoms with Crippen LogP contribution < -0.4 is 113 Å². The molecular formula is C88H133N23O33. The minimum atomic E-state index is -2.22. The van der Waals surface area contributed by atoms with E-state index in [2.05, 4.69) is 95.0 Å². The number of nitrogens with zero attached hydrogens (tertiary/aromatic N) is 1. The highest BCUT2D eigenvalue weighted by molar-refractivity contribution is 6.03. The molecule has 0 fully saturated rings. The SMILES string of the molecule is CC(C)C[C@H](NC(=O)[C@H](Cc1ccc(O)cc1)NC(=O)[C@H](CO)NC(=O)[C@H](CO)NC(=O)[C@@H](NC(=O)[C@H](CC(=O)O)NC(=O)[C@H](CO)NC(=O)[C@@H](NC(=O)[C@H](Cc1ccccc1)NC(=O)[C@@H](NC(=O)CNC(=O)[C@H](CCC(=O)O)NC(=O)C(C)(C)NC(=O)[C@@H](N)Cc1c[nH]cn1)[C@@H](C)O)[C@@H](C)O)C(C)C)C(=O)N[C@@H](CCC(=O)O)C(=O)NCC(=O)N[C@@H](CCC(N)=O)C(=O)N[C@@H](C)C(=O)N[C@@H](CCCCN)C(=O)O. The Balaban J connectivity index is 1.82. The molecule has 3 rings (SSSR count). The highest BCUT2D eigenvalue weighted by Crippen LogP contribution is 2.17. The minimum absolute atomic E-state index is 0.00359. The number of benzene rings is 2. The number of phenols is 1. The van der Waals surface area contributed by atoms with Gasteiger partial charge >= 0.3 is 23.9 Å². The molecule has 3 aromatic rings. The maximum atomic E-state index is 14.6. The van der Waals surface area contributed by atoms with E-state index in [9.17, 15) is 161 Å². The van der Waals surface area contributed by atoms with E-state index < -0.39 is 353 Å². The number of nitrogens with one attached hydrogen (secondary N) is 19. The summed E-state index contributed by atoms with van der Waals surface area (Å²) in [5.74, 6) is -30.6. The number of aromatic amines is 1. The van der Waals surface area contributed by atoms with Crippen LogP contribution in [0.5, 0.6) is 5.75 Å². The van der Waals surface area contributed by atoms with Crippen LogP contribution in [0.4, 0.5) is 0 Å². The fourth-order valence-electron chi connectivity index (χ4n) is 13.4. The van der Waals surface area contributed by atoms with Gasteiger partial charge in [0.05, 0.1) is 69.6 Å². The highest BCUT2D eigenvalue weighted by atomic mass is 16.4. The first-order valence-corrected chi connectivity index (χ1v) is 45.6. The van der Waals surface area contributed by atoms with Gasteiger partial charge in [0.15, 0.2) is 0 Å². The number of amides is 19. The van der Waals surface area contributed by atoms with Crippen LogP contribution in [0.2, 0.25) is 0 Å². The van der Waals surface area contributed by atoms with Crippen molar-refractivity contribution in [3.8, 4) is 5.75 Å². The fourth-order valence-corrected chi connectivity index (χ4v) is 13.4. The fraction of sp³-hybridized carbons (Fsp3) is 0.568. The number of hydrogen-bond acceptors (Lipinski definition) is 32. The van der Waals surface area contributed by atoms with Crippen molar-refractivity contribution < 1.29 is 161 Å². The Bertz CT molecular complexity index is 4910. The molecule has 19 amide bonds. The number of aliphatic carboxylic acids is 4. The zero-order valence-corrected chi connectivity index (χ0v) is 80.6. The van der Waals surface area contributed by atoms with Crippen LogP contribution in [-0.4, -0.2) is 351 Å². The molecule has 0 unspecified atom stereocenters. The Morgan fingerprint density at radius 3 is 1.27 bits per heavy atom. The average molecular weight is 2040 g/mol. The van der Waals surface area contributed by atoms with E-state index in [1.165, 1.54) is 95.7 Å². The largest absolute Gasteiger partial charge is 0.508 e. The third kappa shape index (κ3) is 44.4. The molecule has 35 N–H and O–H groups in total. The van der Waals surface area contributed by atoms with Gasteiger partial charge in [0, 0.05) is 44.7 Å². The number of carbonyl (C=O) groups excluding carboxylic acids is 19. The predicted molar refractivity (Wildman–Crippen MR) is 499 cm³/mol. The van der Waals surface area contributed by atoms with E-state index >= 15 is 0 Å². The number of phenolic OH excluding ortho intramolecular Hbond substituents is 1. The first-order valence-electron chi connectivity index (χ1n) is 45.6. The van der Waals surface area contributed by atoms with Crippen molar-refractivity contribution in [3.63, 3.8) is 0 Å². The molecule has 798 valence electrons. The predicted octanol–water partition coefficient (Wildman–Crippen LogP) is -12.0. The molecule has 0 aliphatic rings. The Morgan fingerprint density at radius 2 is 0.806 bits per heavy atom. The van der Waals surface area contributed by atoms with Crippen molar-refractivity contribution in [2.75, 3.05) is 39.5 Å². The normalized spacial score (nSPS) is 15.0. The number of aliphatic hydroxyl groups is 5. The third-order valence-corrected chi connectivity index (χ3v) is 21.5. The van der Waals surface area contributed by atoms with Crippen molar-refractivity contribution in [2.45, 2.75) is 267 Å². The molecule has 0 bridgehead atoms. The number of aromatic nitrogens is 2. The zero-order valence-electron chi connectivity index (χ0n) is 80.6. The second kappa shape index (κ2) is 61.6. The number of aromatic hydroxyl groups is 1. The molecular weight excluding hydrogens is 1910 g/mol. The van der Waals surface area contributed by atoms with Gasteiger partial charge in [-0.2, -0.15) is 0 Å². The van der Waals surface area contributed by atoms with E-state index in [1.54, 1.807) is 19.9 Å². The number of nitrogens with two attached hydrogens (primary N) is 3. The molecule has 0 radical (unpaired) electrons. The summed E-state index contributed by atoms with van der Waals surface area (Å²) in [6, 6.07) is -16.2. The quantitative estimate of drug-likeness (QED) is 0.0233. The minimum Gasteiger partial charge on any atom is -0.508 e. The molecule has 56 heteroatoms. The molecule has 0 saturated carbocycles. The molecule has 1 heterocycles. The number of imidazole rings is 1. The van der Waals surface area contributed by atoms with Crippen LogP contribution in [-0.2, 0) is 130 Å². The summed E-state index contributed by atoms with van der Waals surface area (Å²) in [6.45, 7) is 5.85. The van der Waals surface area contributed by atoms with Crippen molar-refractivity contribution in [1.82, 2.24) is 106 Å². The average Bonchev–Trinajstić information content (AvgIpc) is 0.944. The van der Waals surface area contributed by atoms with Crippen LogP contribution >= 0.6 is 0 Å². The maximum Gasteiger partial charge on any atom is 0.326 e. The number of carboxylic acids is 4. The molecule has 0 aliphatic carbocycles. The van der Waals surface area contributed by atoms with Gasteiger partial charge in [-0.1, -0.05) is 70.2 Å². The lowest BCUT2D eigenvalue weighted by molar-refractivity contribution is -0.142. The van der Waals surface area contributed by atoms with Gasteiger partial charge in [-0.15, -0.1) is 0 Å². The summed E-state index contributed by atoms with van der Waals surface area (Å²) in [5.41, 5.74) is 16.0. The molecule has 0 saturated heterocycles. The number of rotatable bonds is 66. The van der Waals surface area contributed by atoms with E-state index in [4.69, 9.17) is 17.2 Å². The zero-order chi connectivity index (χ0) is 109. The van der Waals surface area contributed by atoms with Gasteiger partial charge in [-0.3, -0.25) is 105 Å². The summed E-state index contributed by atoms with van der Waals surface area (Å²) in [4.78, 5) is 315. The molecule has 1 aromatic heterocycles. The standard InChI is InChI=1S/C88H133N23O33/c1-41(2)29-55(76(132)98-51(23-26-65(121)122)73(129)93-35-63(119)97-53(22-25-62(91)118)75(131)96-43(5)71(127)99-54(86(142)143)17-13-14-28-89)100-77(133)56(31-47-18-20-49(117)21-19-47)101-80(136)59(37-112)104-82(138)61(39-114)105-83(139)68(42(3)4)109-79(135)58(33-67(125)126)102-81(137)60(38-113)106-85(141)70(45(7)116)110-78(134)57(30-46-15-11-10-12-16-46)103-84(140)69(44(6)115)108-64(120)36-94-74(130)52(24-27-66(123)124)107-87(144)88(8,9)111-72(128)50(90)32-48-34-92-40-95-48/h10-12,15-16,18-21,34,40-45,50-61,68-70,112-117H,13-14,17,22-33,35-39,89-90H2,1-9H3,(H2,91,118)(H,92,95)(H,93,129)(H,94,130)(H,96,131)(H,97,119)(H,98,132)(H,99,127)(H,100,133)(H,101,136)(H,102,137)(H,103,140)(H,104,138)(H,105,139)(H,106,141)(H,107,144)(H,108,120)(H,109,135)(H,110,134)(H,111,128)(H,121,122)(H,123,124)(H,125,126)(H,142,143)/t43-,44+,45+,50-,51-,52-,53-,54-,55-,56-,57-,58-,59-,60-,61-,68-,69-,70-/m0/s1. The summed E-state index contributed by atoms with van der Waals surface area (Å²) < 4.78 is 0. The lowest BCUT2D eigenvalue weighted by Crippen LogP contribution is -2.63. The topological polar surface area (TPSA) is 918 Å². The molecule has 2 aromatic carbocycles. The Hall–Kier alpha value is -15.0. The van der Waals surface area contributed by atoms with Gasteiger partial charge in [-0.25, -0.2) is 9.78 Å². The number of carbonyl (C=O) groups is 23. The van der Waals surface area contributed by atoms with Crippen LogP contribution in [0.25, 0.3) is 0 Å². The summed E-state index contributed by atoms with van der Waals surface area (Å²) in [5, 5.41) is 143. The second-order valence-corrected chi connectivity index (χ2v) is 34.9. The van der Waals surface area contributed by atoms with E-state index in [1.807, 2.05) is 10.6 Å². The molecule has 144 heavy (non-hydrogen) atoms. The monoisotopic (exact) mass is 2040 g/mol. The van der Waals surface area contributed by atoms with Crippen molar-refractivity contribution >= 4 is 136 Å². The van der Waals surface area contributed by atoms with E-state index in [-0.39, 0.29) is 37.1 Å². The van der Waals surface area contributed by atoms with Gasteiger partial charge in [0.25, 0.3) is 0 Å². The van der Waals surface area contributed by atoms with Gasteiger partial charge < -0.3 is 169 Å². The van der Waals surface area contributed by atoms with Gasteiger partial charge in [-0.05, 0) is 121 Å². The highest BCUT2D eigenvalue weighted by Gasteiger charge is 2.42. The number of hydrogen-bond donors (Lipinski definition) is 32. The Kier molecular flexibility index (Phi) is 52.7. The van der Waals surface area contributed by atoms with Gasteiger partial charge in [0.1, 0.15) is 102 Å². The van der Waals surface area contributed by atoms with Crippen LogP contribution in [0, 0.1) is 11.8 Å². The van der Waals surface area contributed by atoms with Crippen molar-refractivity contribution in [3.05, 3.63) is 83.9 Å². The van der Waals surface area contributed by atoms with E-state index in [0.29, 0.717) is 24.1 Å². The second-order valence-electron chi connectivity index (χ2n) is 34.9. The smallest absolute Gasteiger partial charge is 0.326 e. The molecule has 0 aliphatic heterocycles. The lowest BCUT2D eigenvalue weighted by atomic mass is 10.00. The molecule has 18 atom stereocenters. The molecule has 56 nitrogen and oxygen atoms in total. The Morgan fingerprint density at radius 1 is 0.403 bits per heavy atom. The van der Waals surface area contributed by atoms with Crippen LogP contribution in [0.1, 0.15) is 150 Å². The lowest BCUT2D eigenvalue weighted by Gasteiger charge is -2.29. The summed E-state index contributed by atoms with van der Waals surface area (Å²) in [7, 11) is 0. The first-order chi connectivity index (χ1) is 67.5. The maximum absolute atomic E-state index is 14.6. The van der Waals surface area contributed by atoms with Crippen LogP contribution in [0.3, 0.4) is 0 Å².